The smallest absolute Gasteiger partial charge is 0.373 e. The van der Waals surface area contributed by atoms with Crippen LogP contribution in [0.1, 0.15) is 22.1 Å². The number of ether oxygens (including phenoxy) is 1. The van der Waals surface area contributed by atoms with Gasteiger partial charge in [0.25, 0.3) is 5.91 Å². The summed E-state index contributed by atoms with van der Waals surface area (Å²) in [7, 11) is 1.23. The van der Waals surface area contributed by atoms with E-state index in [-0.39, 0.29) is 23.8 Å². The lowest BCUT2D eigenvalue weighted by atomic mass is 10.3. The van der Waals surface area contributed by atoms with Crippen molar-refractivity contribution in [3.05, 3.63) is 53.5 Å². The minimum atomic E-state index is -0.633. The molecule has 1 aliphatic heterocycles. The number of carbonyl (C=O) groups excluding carboxylic acids is 3. The lowest BCUT2D eigenvalue weighted by Crippen LogP contribution is -2.30. The molecule has 118 valence electrons. The van der Waals surface area contributed by atoms with Gasteiger partial charge < -0.3 is 18.9 Å². The summed E-state index contributed by atoms with van der Waals surface area (Å²) in [5.74, 6) is -0.412. The van der Waals surface area contributed by atoms with Crippen molar-refractivity contribution in [3.8, 4) is 0 Å². The molecule has 2 aromatic heterocycles. The topological polar surface area (TPSA) is 102 Å². The van der Waals surface area contributed by atoms with Gasteiger partial charge in [-0.15, -0.1) is 0 Å². The summed E-state index contributed by atoms with van der Waals surface area (Å²) in [5.41, 5.74) is 0.102. The molecule has 1 fully saturated rings. The zero-order valence-corrected chi connectivity index (χ0v) is 12.1. The number of carbonyl (C=O) groups is 3. The van der Waals surface area contributed by atoms with Crippen molar-refractivity contribution in [1.29, 1.82) is 0 Å². The molecule has 3 heterocycles. The summed E-state index contributed by atoms with van der Waals surface area (Å²) in [4.78, 5) is 36.5. The number of esters is 1. The number of rotatable bonds is 4. The van der Waals surface area contributed by atoms with E-state index in [1.54, 1.807) is 12.1 Å². The van der Waals surface area contributed by atoms with Gasteiger partial charge in [-0.3, -0.25) is 9.69 Å². The van der Waals surface area contributed by atoms with Crippen LogP contribution in [0.2, 0.25) is 0 Å². The summed E-state index contributed by atoms with van der Waals surface area (Å²) >= 11 is 0. The van der Waals surface area contributed by atoms with E-state index in [9.17, 15) is 14.4 Å². The van der Waals surface area contributed by atoms with E-state index in [0.29, 0.717) is 5.76 Å². The summed E-state index contributed by atoms with van der Waals surface area (Å²) < 4.78 is 14.9. The molecule has 8 nitrogen and oxygen atoms in total. The van der Waals surface area contributed by atoms with Crippen molar-refractivity contribution in [1.82, 2.24) is 10.2 Å². The zero-order valence-electron chi connectivity index (χ0n) is 12.1. The van der Waals surface area contributed by atoms with E-state index in [1.165, 1.54) is 31.6 Å². The molecule has 0 atom stereocenters. The maximum Gasteiger partial charge on any atom is 0.373 e. The van der Waals surface area contributed by atoms with Crippen LogP contribution in [0.3, 0.4) is 0 Å². The first-order valence-electron chi connectivity index (χ1n) is 6.63. The molecule has 0 bridgehead atoms. The van der Waals surface area contributed by atoms with Crippen LogP contribution in [0.5, 0.6) is 0 Å². The summed E-state index contributed by atoms with van der Waals surface area (Å²) in [6.07, 6.45) is 2.89. The molecule has 1 saturated heterocycles. The van der Waals surface area contributed by atoms with Crippen LogP contribution in [-0.2, 0) is 16.1 Å². The molecule has 0 unspecified atom stereocenters. The Kier molecular flexibility index (Phi) is 3.71. The Morgan fingerprint density at radius 3 is 2.87 bits per heavy atom. The average Bonchev–Trinajstić information content (AvgIpc) is 3.26. The number of imide groups is 1. The fourth-order valence-electron chi connectivity index (χ4n) is 2.06. The van der Waals surface area contributed by atoms with Crippen LogP contribution in [-0.4, -0.2) is 29.9 Å². The molecule has 0 aliphatic carbocycles. The maximum atomic E-state index is 12.2. The van der Waals surface area contributed by atoms with Crippen molar-refractivity contribution in [2.75, 3.05) is 7.11 Å². The SMILES string of the molecule is COC(=O)c1ccc(CN2C(=O)N/C(=C\c3ccco3)C2=O)o1. The van der Waals surface area contributed by atoms with E-state index in [4.69, 9.17) is 8.83 Å². The van der Waals surface area contributed by atoms with E-state index in [2.05, 4.69) is 10.1 Å². The number of furan rings is 2. The highest BCUT2D eigenvalue weighted by atomic mass is 16.5. The third kappa shape index (κ3) is 2.86. The van der Waals surface area contributed by atoms with Gasteiger partial charge in [0.1, 0.15) is 17.2 Å². The van der Waals surface area contributed by atoms with E-state index in [1.807, 2.05) is 0 Å². The number of methoxy groups -OCH3 is 1. The van der Waals surface area contributed by atoms with Gasteiger partial charge in [0, 0.05) is 6.08 Å². The van der Waals surface area contributed by atoms with Gasteiger partial charge in [-0.2, -0.15) is 0 Å². The number of nitrogens with one attached hydrogen (secondary N) is 1. The molecule has 8 heteroatoms. The van der Waals surface area contributed by atoms with Crippen LogP contribution in [0.25, 0.3) is 6.08 Å². The lowest BCUT2D eigenvalue weighted by molar-refractivity contribution is -0.123. The molecule has 0 saturated carbocycles. The van der Waals surface area contributed by atoms with Crippen molar-refractivity contribution in [2.24, 2.45) is 0 Å². The summed E-state index contributed by atoms with van der Waals surface area (Å²) in [6, 6.07) is 5.66. The molecule has 0 aromatic carbocycles. The Bertz CT molecular complexity index is 787. The van der Waals surface area contributed by atoms with Crippen molar-refractivity contribution >= 4 is 24.0 Å². The summed E-state index contributed by atoms with van der Waals surface area (Å²) in [6.45, 7) is -0.100. The first-order valence-corrected chi connectivity index (χ1v) is 6.63. The number of urea groups is 1. The van der Waals surface area contributed by atoms with Crippen molar-refractivity contribution in [3.63, 3.8) is 0 Å². The van der Waals surface area contributed by atoms with Crippen LogP contribution in [0, 0.1) is 0 Å². The monoisotopic (exact) mass is 316 g/mol. The van der Waals surface area contributed by atoms with Gasteiger partial charge in [0.2, 0.25) is 5.76 Å². The Balaban J connectivity index is 1.76. The molecule has 2 aromatic rings. The van der Waals surface area contributed by atoms with Crippen LogP contribution in [0.4, 0.5) is 4.79 Å². The number of hydrogen-bond donors (Lipinski definition) is 1. The number of hydrogen-bond acceptors (Lipinski definition) is 6. The minimum absolute atomic E-state index is 0.000838. The third-order valence-electron chi connectivity index (χ3n) is 3.15. The second-order valence-electron chi connectivity index (χ2n) is 4.65. The first kappa shape index (κ1) is 14.6. The third-order valence-corrected chi connectivity index (χ3v) is 3.15. The lowest BCUT2D eigenvalue weighted by Gasteiger charge is -2.09. The fourth-order valence-corrected chi connectivity index (χ4v) is 2.06. The van der Waals surface area contributed by atoms with E-state index in [0.717, 1.165) is 4.90 Å². The highest BCUT2D eigenvalue weighted by Crippen LogP contribution is 2.18. The van der Waals surface area contributed by atoms with Crippen LogP contribution in [0.15, 0.2) is 45.1 Å². The Hall–Kier alpha value is -3.29. The zero-order chi connectivity index (χ0) is 16.4. The molecule has 3 rings (SSSR count). The van der Waals surface area contributed by atoms with Gasteiger partial charge in [-0.25, -0.2) is 9.59 Å². The molecular weight excluding hydrogens is 304 g/mol. The first-order chi connectivity index (χ1) is 11.1. The van der Waals surface area contributed by atoms with E-state index >= 15 is 0 Å². The van der Waals surface area contributed by atoms with E-state index < -0.39 is 17.9 Å². The largest absolute Gasteiger partial charge is 0.465 e. The second kappa shape index (κ2) is 5.84. The van der Waals surface area contributed by atoms with Gasteiger partial charge in [0.05, 0.1) is 19.9 Å². The highest BCUT2D eigenvalue weighted by molar-refractivity contribution is 6.13. The summed E-state index contributed by atoms with van der Waals surface area (Å²) in [5, 5.41) is 2.46. The standard InChI is InChI=1S/C15H12N2O6/c1-21-14(19)12-5-4-10(23-12)8-17-13(18)11(16-15(17)20)7-9-3-2-6-22-9/h2-7H,8H2,1H3,(H,16,20)/b11-7-. The van der Waals surface area contributed by atoms with Gasteiger partial charge >= 0.3 is 12.0 Å². The second-order valence-corrected chi connectivity index (χ2v) is 4.65. The highest BCUT2D eigenvalue weighted by Gasteiger charge is 2.34. The Morgan fingerprint density at radius 2 is 2.17 bits per heavy atom. The molecule has 1 aliphatic rings. The average molecular weight is 316 g/mol. The van der Waals surface area contributed by atoms with Crippen LogP contribution >= 0.6 is 0 Å². The molecule has 0 radical (unpaired) electrons. The number of nitrogens with zero attached hydrogens (tertiary/aromatic N) is 1. The Morgan fingerprint density at radius 1 is 1.35 bits per heavy atom. The van der Waals surface area contributed by atoms with Gasteiger partial charge in [-0.1, -0.05) is 0 Å². The van der Waals surface area contributed by atoms with Gasteiger partial charge in [0.15, 0.2) is 0 Å². The molecule has 1 N–H and O–H groups in total. The van der Waals surface area contributed by atoms with Gasteiger partial charge in [-0.05, 0) is 24.3 Å². The fraction of sp³-hybridized carbons (Fsp3) is 0.133. The number of amides is 3. The predicted octanol–water partition coefficient (Wildman–Crippen LogP) is 1.75. The van der Waals surface area contributed by atoms with Crippen LogP contribution < -0.4 is 5.32 Å². The maximum absolute atomic E-state index is 12.2. The van der Waals surface area contributed by atoms with Crippen molar-refractivity contribution in [2.45, 2.75) is 6.54 Å². The quantitative estimate of drug-likeness (QED) is 0.524. The predicted molar refractivity (Wildman–Crippen MR) is 75.8 cm³/mol. The Labute approximate surface area is 130 Å². The minimum Gasteiger partial charge on any atom is -0.465 e. The normalized spacial score (nSPS) is 16.0. The van der Waals surface area contributed by atoms with Crippen molar-refractivity contribution < 1.29 is 28.0 Å². The molecule has 23 heavy (non-hydrogen) atoms. The molecular formula is C15H12N2O6. The molecule has 3 amide bonds. The molecule has 0 spiro atoms.